The molecule has 3 nitrogen and oxygen atoms in total. The van der Waals surface area contributed by atoms with Gasteiger partial charge in [-0.1, -0.05) is 30.3 Å². The summed E-state index contributed by atoms with van der Waals surface area (Å²) in [6, 6.07) is 9.24. The molecule has 0 aromatic heterocycles. The molecule has 4 aliphatic carbocycles. The van der Waals surface area contributed by atoms with Gasteiger partial charge in [0.2, 0.25) is 5.91 Å². The molecule has 0 saturated heterocycles. The molecule has 0 heterocycles. The van der Waals surface area contributed by atoms with Gasteiger partial charge in [0.15, 0.2) is 5.78 Å². The van der Waals surface area contributed by atoms with Crippen molar-refractivity contribution in [2.45, 2.75) is 57.8 Å². The minimum absolute atomic E-state index is 0.0222. The van der Waals surface area contributed by atoms with E-state index in [2.05, 4.69) is 5.32 Å². The predicted molar refractivity (Wildman–Crippen MR) is 98.2 cm³/mol. The van der Waals surface area contributed by atoms with Gasteiger partial charge in [-0.05, 0) is 68.1 Å². The average molecular weight is 339 g/mol. The zero-order valence-corrected chi connectivity index (χ0v) is 15.0. The molecule has 0 unspecified atom stereocenters. The highest BCUT2D eigenvalue weighted by atomic mass is 16.2. The topological polar surface area (TPSA) is 46.2 Å². The average Bonchev–Trinajstić information content (AvgIpc) is 2.59. The number of benzene rings is 1. The Kier molecular flexibility index (Phi) is 4.66. The SMILES string of the molecule is O=C(CCC(=O)c1ccccc1)NCCC12CC3CC(CC(C3)C1)C2. The predicted octanol–water partition coefficient (Wildman–Crippen LogP) is 4.37. The van der Waals surface area contributed by atoms with E-state index in [0.717, 1.165) is 30.7 Å². The van der Waals surface area contributed by atoms with Crippen LogP contribution in [0.25, 0.3) is 0 Å². The van der Waals surface area contributed by atoms with Gasteiger partial charge >= 0.3 is 0 Å². The van der Waals surface area contributed by atoms with Crippen LogP contribution in [0, 0.1) is 23.2 Å². The third-order valence-electron chi connectivity index (χ3n) is 6.82. The first kappa shape index (κ1) is 16.8. The summed E-state index contributed by atoms with van der Waals surface area (Å²) in [5, 5.41) is 3.07. The van der Waals surface area contributed by atoms with Crippen molar-refractivity contribution in [1.82, 2.24) is 5.32 Å². The number of nitrogens with one attached hydrogen (secondary N) is 1. The number of carbonyl (C=O) groups is 2. The molecule has 0 spiro atoms. The number of hydrogen-bond acceptors (Lipinski definition) is 2. The van der Waals surface area contributed by atoms with E-state index in [0.29, 0.717) is 23.8 Å². The fourth-order valence-electron chi connectivity index (χ4n) is 6.15. The minimum atomic E-state index is 0.0222. The van der Waals surface area contributed by atoms with Crippen LogP contribution < -0.4 is 5.32 Å². The Hall–Kier alpha value is -1.64. The van der Waals surface area contributed by atoms with Gasteiger partial charge in [0.25, 0.3) is 0 Å². The summed E-state index contributed by atoms with van der Waals surface area (Å²) in [6.45, 7) is 0.782. The third kappa shape index (κ3) is 3.80. The van der Waals surface area contributed by atoms with Gasteiger partial charge in [0.05, 0.1) is 0 Å². The lowest BCUT2D eigenvalue weighted by molar-refractivity contribution is -0.121. The second-order valence-electron chi connectivity index (χ2n) is 8.81. The zero-order chi connectivity index (χ0) is 17.3. The summed E-state index contributed by atoms with van der Waals surface area (Å²) >= 11 is 0. The first-order valence-electron chi connectivity index (χ1n) is 9.97. The Balaban J connectivity index is 1.20. The van der Waals surface area contributed by atoms with Crippen molar-refractivity contribution in [3.05, 3.63) is 35.9 Å². The first-order valence-corrected chi connectivity index (χ1v) is 9.97. The lowest BCUT2D eigenvalue weighted by atomic mass is 9.49. The van der Waals surface area contributed by atoms with Crippen molar-refractivity contribution < 1.29 is 9.59 Å². The van der Waals surface area contributed by atoms with Gasteiger partial charge in [-0.15, -0.1) is 0 Å². The zero-order valence-electron chi connectivity index (χ0n) is 15.0. The molecular weight excluding hydrogens is 310 g/mol. The molecule has 0 aliphatic heterocycles. The van der Waals surface area contributed by atoms with Crippen LogP contribution in [0.3, 0.4) is 0 Å². The molecular formula is C22H29NO2. The first-order chi connectivity index (χ1) is 12.1. The molecule has 4 bridgehead atoms. The highest BCUT2D eigenvalue weighted by Gasteiger charge is 2.50. The Bertz CT molecular complexity index is 601. The Morgan fingerprint density at radius 3 is 2.12 bits per heavy atom. The quantitative estimate of drug-likeness (QED) is 0.750. The van der Waals surface area contributed by atoms with Crippen molar-refractivity contribution in [1.29, 1.82) is 0 Å². The van der Waals surface area contributed by atoms with E-state index < -0.39 is 0 Å². The Morgan fingerprint density at radius 2 is 1.52 bits per heavy atom. The molecule has 4 aliphatic rings. The van der Waals surface area contributed by atoms with Crippen LogP contribution in [0.5, 0.6) is 0 Å². The van der Waals surface area contributed by atoms with E-state index >= 15 is 0 Å². The molecule has 134 valence electrons. The Labute approximate surface area is 150 Å². The molecule has 1 aromatic rings. The normalized spacial score (nSPS) is 32.6. The second-order valence-corrected chi connectivity index (χ2v) is 8.81. The second kappa shape index (κ2) is 6.93. The lowest BCUT2D eigenvalue weighted by Crippen LogP contribution is -2.47. The van der Waals surface area contributed by atoms with Crippen molar-refractivity contribution in [2.24, 2.45) is 23.2 Å². The van der Waals surface area contributed by atoms with Crippen LogP contribution in [0.1, 0.15) is 68.1 Å². The molecule has 5 rings (SSSR count). The van der Waals surface area contributed by atoms with E-state index in [4.69, 9.17) is 0 Å². The summed E-state index contributed by atoms with van der Waals surface area (Å²) in [6.07, 6.45) is 10.3. The van der Waals surface area contributed by atoms with Crippen molar-refractivity contribution >= 4 is 11.7 Å². The standard InChI is InChI=1S/C22H29NO2/c24-20(19-4-2-1-3-5-19)6-7-21(25)23-9-8-22-13-16-10-17(14-22)12-18(11-16)15-22/h1-5,16-18H,6-15H2,(H,23,25). The smallest absolute Gasteiger partial charge is 0.220 e. The summed E-state index contributed by atoms with van der Waals surface area (Å²) in [4.78, 5) is 24.2. The van der Waals surface area contributed by atoms with Gasteiger partial charge in [0.1, 0.15) is 0 Å². The lowest BCUT2D eigenvalue weighted by Gasteiger charge is -2.57. The molecule has 4 fully saturated rings. The maximum atomic E-state index is 12.1. The van der Waals surface area contributed by atoms with Crippen LogP contribution in [0.15, 0.2) is 30.3 Å². The van der Waals surface area contributed by atoms with Crippen LogP contribution in [-0.2, 0) is 4.79 Å². The van der Waals surface area contributed by atoms with E-state index in [1.165, 1.54) is 38.5 Å². The maximum absolute atomic E-state index is 12.1. The van der Waals surface area contributed by atoms with E-state index in [-0.39, 0.29) is 11.7 Å². The van der Waals surface area contributed by atoms with Crippen LogP contribution in [-0.4, -0.2) is 18.2 Å². The molecule has 1 amide bonds. The Morgan fingerprint density at radius 1 is 0.920 bits per heavy atom. The van der Waals surface area contributed by atoms with Crippen LogP contribution in [0.4, 0.5) is 0 Å². The fourth-order valence-corrected chi connectivity index (χ4v) is 6.15. The summed E-state index contributed by atoms with van der Waals surface area (Å²) in [5.74, 6) is 2.96. The fraction of sp³-hybridized carbons (Fsp3) is 0.636. The van der Waals surface area contributed by atoms with Crippen LogP contribution >= 0.6 is 0 Å². The molecule has 0 atom stereocenters. The van der Waals surface area contributed by atoms with Gasteiger partial charge in [-0.3, -0.25) is 9.59 Å². The number of rotatable bonds is 7. The molecule has 1 N–H and O–H groups in total. The third-order valence-corrected chi connectivity index (χ3v) is 6.82. The van der Waals surface area contributed by atoms with Gasteiger partial charge in [0, 0.05) is 24.9 Å². The van der Waals surface area contributed by atoms with E-state index in [1.54, 1.807) is 0 Å². The molecule has 4 saturated carbocycles. The number of ketones is 1. The highest BCUT2D eigenvalue weighted by Crippen LogP contribution is 2.61. The van der Waals surface area contributed by atoms with Gasteiger partial charge in [-0.2, -0.15) is 0 Å². The molecule has 1 aromatic carbocycles. The molecule has 25 heavy (non-hydrogen) atoms. The summed E-state index contributed by atoms with van der Waals surface area (Å²) in [7, 11) is 0. The largest absolute Gasteiger partial charge is 0.356 e. The van der Waals surface area contributed by atoms with Crippen molar-refractivity contribution in [3.63, 3.8) is 0 Å². The number of amides is 1. The summed E-state index contributed by atoms with van der Waals surface area (Å²) in [5.41, 5.74) is 1.21. The van der Waals surface area contributed by atoms with Crippen molar-refractivity contribution in [3.8, 4) is 0 Å². The van der Waals surface area contributed by atoms with E-state index in [9.17, 15) is 9.59 Å². The number of Topliss-reactive ketones (excluding diaryl/α,β-unsaturated/α-hetero) is 1. The van der Waals surface area contributed by atoms with Gasteiger partial charge < -0.3 is 5.32 Å². The molecule has 3 heteroatoms. The molecule has 0 radical (unpaired) electrons. The summed E-state index contributed by atoms with van der Waals surface area (Å²) < 4.78 is 0. The minimum Gasteiger partial charge on any atom is -0.356 e. The highest BCUT2D eigenvalue weighted by molar-refractivity contribution is 5.97. The van der Waals surface area contributed by atoms with E-state index in [1.807, 2.05) is 30.3 Å². The van der Waals surface area contributed by atoms with Crippen molar-refractivity contribution in [2.75, 3.05) is 6.54 Å². The van der Waals surface area contributed by atoms with Crippen LogP contribution in [0.2, 0.25) is 0 Å². The number of hydrogen-bond donors (Lipinski definition) is 1. The van der Waals surface area contributed by atoms with Gasteiger partial charge in [-0.25, -0.2) is 0 Å². The number of carbonyl (C=O) groups excluding carboxylic acids is 2. The monoisotopic (exact) mass is 339 g/mol. The maximum Gasteiger partial charge on any atom is 0.220 e.